The smallest absolute Gasteiger partial charge is 0.306 e. The maximum atomic E-state index is 12.3. The van der Waals surface area contributed by atoms with Crippen molar-refractivity contribution < 1.29 is 30.0 Å². The minimum Gasteiger partial charge on any atom is -0.508 e. The molecule has 7 aromatic rings. The van der Waals surface area contributed by atoms with Crippen molar-refractivity contribution in [3.05, 3.63) is 129 Å². The molecule has 0 fully saturated rings. The highest BCUT2D eigenvalue weighted by Gasteiger charge is 2.35. The first-order chi connectivity index (χ1) is 31.0. The molecule has 0 aliphatic heterocycles. The molecule has 0 unspecified atom stereocenters. The van der Waals surface area contributed by atoms with Crippen molar-refractivity contribution in [2.45, 2.75) is 137 Å². The Balaban J connectivity index is 1.02. The molecule has 0 atom stereocenters. The van der Waals surface area contributed by atoms with Gasteiger partial charge in [-0.1, -0.05) is 98.7 Å². The largest absolute Gasteiger partial charge is 0.508 e. The molecule has 5 aromatic carbocycles. The van der Waals surface area contributed by atoms with Gasteiger partial charge >= 0.3 is 5.97 Å². The van der Waals surface area contributed by atoms with Crippen LogP contribution in [0.2, 0.25) is 0 Å². The summed E-state index contributed by atoms with van der Waals surface area (Å²) in [5, 5.41) is 63.1. The lowest BCUT2D eigenvalue weighted by molar-refractivity contribution is -0.143. The predicted molar refractivity (Wildman–Crippen MR) is 259 cm³/mol. The number of carbonyl (C=O) groups excluding carboxylic acids is 1. The number of nitrogens with zero attached hydrogens (tertiary/aromatic N) is 6. The molecule has 0 spiro atoms. The molecule has 0 bridgehead atoms. The Bertz CT molecular complexity index is 2830. The number of aryl methyl sites for hydroxylation is 1. The van der Waals surface area contributed by atoms with Crippen molar-refractivity contribution in [3.63, 3.8) is 0 Å². The highest BCUT2D eigenvalue weighted by Crippen LogP contribution is 2.46. The van der Waals surface area contributed by atoms with Gasteiger partial charge in [0.05, 0.1) is 25.3 Å². The number of aromatic hydroxyl groups is 4. The van der Waals surface area contributed by atoms with E-state index >= 15 is 0 Å². The summed E-state index contributed by atoms with van der Waals surface area (Å²) >= 11 is 0. The van der Waals surface area contributed by atoms with Gasteiger partial charge in [0.1, 0.15) is 45.1 Å². The zero-order valence-electron chi connectivity index (χ0n) is 40.2. The topological polar surface area (TPSA) is 169 Å². The highest BCUT2D eigenvalue weighted by molar-refractivity contribution is 5.75. The fraction of sp³-hybridized carbons (Fsp3) is 0.426. The van der Waals surface area contributed by atoms with E-state index in [1.54, 1.807) is 23.0 Å². The number of fused-ring (bicyclic) bond motifs is 2. The average molecular weight is 895 g/mol. The number of phenols is 4. The van der Waals surface area contributed by atoms with Crippen LogP contribution in [0.3, 0.4) is 0 Å². The van der Waals surface area contributed by atoms with Gasteiger partial charge in [0.25, 0.3) is 0 Å². The van der Waals surface area contributed by atoms with E-state index < -0.39 is 0 Å². The maximum Gasteiger partial charge on any atom is 0.306 e. The summed E-state index contributed by atoms with van der Waals surface area (Å²) in [6.07, 6.45) is 3.92. The number of carbonyl (C=O) groups is 1. The molecule has 0 saturated heterocycles. The summed E-state index contributed by atoms with van der Waals surface area (Å²) in [6, 6.07) is 26.6. The normalized spacial score (nSPS) is 12.6. The molecule has 2 aromatic heterocycles. The maximum absolute atomic E-state index is 12.3. The van der Waals surface area contributed by atoms with Crippen molar-refractivity contribution >= 4 is 28.0 Å². The summed E-state index contributed by atoms with van der Waals surface area (Å²) in [5.41, 5.74) is 8.60. The van der Waals surface area contributed by atoms with Crippen LogP contribution < -0.4 is 0 Å². The molecule has 0 saturated carbocycles. The van der Waals surface area contributed by atoms with Crippen LogP contribution in [-0.2, 0) is 51.7 Å². The van der Waals surface area contributed by atoms with E-state index in [-0.39, 0.29) is 58.0 Å². The molecule has 7 rings (SSSR count). The van der Waals surface area contributed by atoms with Crippen LogP contribution in [-0.4, -0.2) is 63.0 Å². The van der Waals surface area contributed by atoms with E-state index in [0.717, 1.165) is 69.2 Å². The predicted octanol–water partition coefficient (Wildman–Crippen LogP) is 10.9. The summed E-state index contributed by atoms with van der Waals surface area (Å²) in [6.45, 7) is 22.4. The van der Waals surface area contributed by atoms with Crippen molar-refractivity contribution in [1.82, 2.24) is 30.0 Å². The third kappa shape index (κ3) is 11.0. The lowest BCUT2D eigenvalue weighted by Gasteiger charge is -2.38. The quantitative estimate of drug-likeness (QED) is 0.0646. The van der Waals surface area contributed by atoms with Gasteiger partial charge in [0.2, 0.25) is 0 Å². The van der Waals surface area contributed by atoms with Crippen molar-refractivity contribution in [2.75, 3.05) is 6.61 Å². The Kier molecular flexibility index (Phi) is 13.3. The van der Waals surface area contributed by atoms with Crippen LogP contribution in [0.25, 0.3) is 22.1 Å². The van der Waals surface area contributed by atoms with Gasteiger partial charge in [-0.25, -0.2) is 0 Å². The molecule has 12 nitrogen and oxygen atoms in total. The molecule has 0 aliphatic rings. The molecule has 4 N–H and O–H groups in total. The van der Waals surface area contributed by atoms with Gasteiger partial charge < -0.3 is 25.2 Å². The summed E-state index contributed by atoms with van der Waals surface area (Å²) in [4.78, 5) is 15.3. The second kappa shape index (κ2) is 18.5. The number of hydrogen-bond donors (Lipinski definition) is 4. The average Bonchev–Trinajstić information content (AvgIpc) is 3.84. The van der Waals surface area contributed by atoms with Crippen LogP contribution in [0.1, 0.15) is 139 Å². The number of esters is 1. The number of phenolic OH excluding ortho intramolecular Hbond substituents is 4. The molecule has 348 valence electrons. The van der Waals surface area contributed by atoms with E-state index in [0.29, 0.717) is 48.2 Å². The van der Waals surface area contributed by atoms with Gasteiger partial charge in [0.15, 0.2) is 0 Å². The minimum absolute atomic E-state index is 0.0326. The number of hydrogen-bond acceptors (Lipinski definition) is 10. The Morgan fingerprint density at radius 2 is 1.21 bits per heavy atom. The third-order valence-electron chi connectivity index (χ3n) is 12.9. The third-order valence-corrected chi connectivity index (χ3v) is 12.9. The van der Waals surface area contributed by atoms with E-state index in [4.69, 9.17) is 14.9 Å². The van der Waals surface area contributed by atoms with Crippen LogP contribution in [0, 0.1) is 5.41 Å². The standard InChI is InChI=1S/C54H66N6O6/c1-11-66-49(64)21-17-35-25-40(51(2,3)4)50(65)41(26-35)53(7,8)23-22-52(5,6)33-54(9,10)38-18-20-46(61)37(30-38)31-59-57-44-19-16-34(27-45(44)58-59)24-36-28-47(62)39(48(63)29-36)32-60-55-42-14-12-13-15-43(42)56-60/h12-16,18-20,25-30,61-63,65H,11,17,21-24,31-33H2,1-10H3. The van der Waals surface area contributed by atoms with Gasteiger partial charge in [-0.15, -0.1) is 0 Å². The molecular weight excluding hydrogens is 829 g/mol. The molecule has 0 amide bonds. The molecule has 12 heteroatoms. The lowest BCUT2D eigenvalue weighted by atomic mass is 9.66. The van der Waals surface area contributed by atoms with E-state index in [9.17, 15) is 25.2 Å². The number of aromatic nitrogens is 6. The minimum atomic E-state index is -0.342. The van der Waals surface area contributed by atoms with E-state index in [1.165, 1.54) is 4.80 Å². The van der Waals surface area contributed by atoms with Gasteiger partial charge in [-0.05, 0) is 137 Å². The number of benzene rings is 5. The Morgan fingerprint density at radius 1 is 0.606 bits per heavy atom. The van der Waals surface area contributed by atoms with Crippen molar-refractivity contribution in [3.8, 4) is 23.0 Å². The van der Waals surface area contributed by atoms with Crippen LogP contribution in [0.15, 0.2) is 84.9 Å². The van der Waals surface area contributed by atoms with Crippen LogP contribution in [0.5, 0.6) is 23.0 Å². The first-order valence-electron chi connectivity index (χ1n) is 23.0. The Labute approximate surface area is 388 Å². The number of ether oxygens (including phenoxy) is 1. The van der Waals surface area contributed by atoms with E-state index in [2.05, 4.69) is 84.6 Å². The Morgan fingerprint density at radius 3 is 1.85 bits per heavy atom. The fourth-order valence-electron chi connectivity index (χ4n) is 9.36. The summed E-state index contributed by atoms with van der Waals surface area (Å²) in [5.74, 6) is 0.229. The molecular formula is C54H66N6O6. The van der Waals surface area contributed by atoms with Crippen molar-refractivity contribution in [1.29, 1.82) is 0 Å². The first kappa shape index (κ1) is 47.5. The summed E-state index contributed by atoms with van der Waals surface area (Å²) < 4.78 is 5.20. The van der Waals surface area contributed by atoms with Crippen LogP contribution >= 0.6 is 0 Å². The summed E-state index contributed by atoms with van der Waals surface area (Å²) in [7, 11) is 0. The second-order valence-corrected chi connectivity index (χ2v) is 21.1. The van der Waals surface area contributed by atoms with Gasteiger partial charge in [0, 0.05) is 17.5 Å². The van der Waals surface area contributed by atoms with Gasteiger partial charge in [-0.3, -0.25) is 4.79 Å². The molecule has 2 heterocycles. The lowest BCUT2D eigenvalue weighted by Crippen LogP contribution is -2.29. The van der Waals surface area contributed by atoms with Crippen molar-refractivity contribution in [2.24, 2.45) is 5.41 Å². The van der Waals surface area contributed by atoms with E-state index in [1.807, 2.05) is 61.5 Å². The molecule has 0 aliphatic carbocycles. The number of rotatable bonds is 17. The first-order valence-corrected chi connectivity index (χ1v) is 23.0. The van der Waals surface area contributed by atoms with Crippen LogP contribution in [0.4, 0.5) is 0 Å². The fourth-order valence-corrected chi connectivity index (χ4v) is 9.36. The SMILES string of the molecule is CCOC(=O)CCc1cc(C(C)(C)C)c(O)c(C(C)(C)CCC(C)(C)CC(C)(C)c2ccc(O)c(Cn3nc4ccc(Cc5cc(O)c(Cn6nc7ccccc7n6)c(O)c5)cc4n3)c2)c1. The van der Waals surface area contributed by atoms with Gasteiger partial charge in [-0.2, -0.15) is 30.0 Å². The zero-order chi connectivity index (χ0) is 47.8. The molecule has 0 radical (unpaired) electrons. The zero-order valence-corrected chi connectivity index (χ0v) is 40.2. The Hall–Kier alpha value is -6.43. The monoisotopic (exact) mass is 895 g/mol. The molecule has 66 heavy (non-hydrogen) atoms. The highest BCUT2D eigenvalue weighted by atomic mass is 16.5. The second-order valence-electron chi connectivity index (χ2n) is 21.1.